The number of imide groups is 1. The van der Waals surface area contributed by atoms with E-state index in [1.807, 2.05) is 0 Å². The summed E-state index contributed by atoms with van der Waals surface area (Å²) in [6, 6.07) is 8.40. The van der Waals surface area contributed by atoms with Crippen molar-refractivity contribution in [3.63, 3.8) is 0 Å². The van der Waals surface area contributed by atoms with Crippen LogP contribution in [0.1, 0.15) is 22.8 Å². The molecule has 0 bridgehead atoms. The van der Waals surface area contributed by atoms with E-state index in [1.54, 1.807) is 24.3 Å². The van der Waals surface area contributed by atoms with Crippen molar-refractivity contribution in [1.82, 2.24) is 20.7 Å². The maximum absolute atomic E-state index is 12.8. The second-order valence-corrected chi connectivity index (χ2v) is 5.81. The van der Waals surface area contributed by atoms with E-state index in [-0.39, 0.29) is 11.1 Å². The lowest BCUT2D eigenvalue weighted by molar-refractivity contribution is -0.132. The number of carbonyl (C=O) groups excluding carboxylic acids is 3. The van der Waals surface area contributed by atoms with Gasteiger partial charge in [0.2, 0.25) is 5.56 Å². The van der Waals surface area contributed by atoms with Crippen molar-refractivity contribution in [2.45, 2.75) is 12.5 Å². The number of benzene rings is 1. The largest absolute Gasteiger partial charge is 0.497 e. The second-order valence-electron chi connectivity index (χ2n) is 5.81. The first-order valence-corrected chi connectivity index (χ1v) is 7.66. The number of amides is 4. The zero-order valence-corrected chi connectivity index (χ0v) is 14.0. The maximum Gasteiger partial charge on any atom is 0.344 e. The number of nitrogens with zero attached hydrogens (tertiary/aromatic N) is 1. The number of pyridine rings is 1. The highest BCUT2D eigenvalue weighted by Crippen LogP contribution is 2.30. The molecule has 134 valence electrons. The van der Waals surface area contributed by atoms with Gasteiger partial charge in [0.25, 0.3) is 11.8 Å². The molecule has 3 N–H and O–H groups in total. The molecule has 0 saturated carbocycles. The van der Waals surface area contributed by atoms with Crippen molar-refractivity contribution >= 4 is 17.8 Å². The van der Waals surface area contributed by atoms with Gasteiger partial charge in [-0.05, 0) is 30.7 Å². The third-order valence-electron chi connectivity index (χ3n) is 4.10. The van der Waals surface area contributed by atoms with Crippen LogP contribution in [0, 0.1) is 0 Å². The fourth-order valence-electron chi connectivity index (χ4n) is 2.59. The molecule has 26 heavy (non-hydrogen) atoms. The molecule has 0 aliphatic carbocycles. The fraction of sp³-hybridized carbons (Fsp3) is 0.176. The van der Waals surface area contributed by atoms with Crippen LogP contribution in [-0.2, 0) is 10.3 Å². The van der Waals surface area contributed by atoms with Crippen LogP contribution in [0.25, 0.3) is 0 Å². The SMILES string of the molecule is COc1cccc([C@]2(C)NC(=O)N(NC(=O)c3ccc(=O)[nH]c3)C2=O)c1. The standard InChI is InChI=1S/C17H16N4O5/c1-17(11-4-3-5-12(8-11)26-2)15(24)21(16(25)19-17)20-14(23)10-6-7-13(22)18-9-10/h3-9H,1-2H3,(H,18,22)(H,19,25)(H,20,23)/t17-/m0/s1. The van der Waals surface area contributed by atoms with E-state index in [9.17, 15) is 19.2 Å². The highest BCUT2D eigenvalue weighted by atomic mass is 16.5. The number of urea groups is 1. The van der Waals surface area contributed by atoms with Crippen molar-refractivity contribution < 1.29 is 19.1 Å². The zero-order valence-electron chi connectivity index (χ0n) is 14.0. The van der Waals surface area contributed by atoms with Crippen LogP contribution in [-0.4, -0.2) is 34.9 Å². The molecule has 0 spiro atoms. The number of rotatable bonds is 4. The fourth-order valence-corrected chi connectivity index (χ4v) is 2.59. The molecule has 1 atom stereocenters. The summed E-state index contributed by atoms with van der Waals surface area (Å²) in [5.41, 5.74) is 1.12. The molecule has 3 rings (SSSR count). The summed E-state index contributed by atoms with van der Waals surface area (Å²) in [6.45, 7) is 1.54. The number of hydrazine groups is 1. The average molecular weight is 356 g/mol. The van der Waals surface area contributed by atoms with Gasteiger partial charge in [-0.2, -0.15) is 5.01 Å². The van der Waals surface area contributed by atoms with Gasteiger partial charge in [-0.15, -0.1) is 0 Å². The number of hydrogen-bond donors (Lipinski definition) is 3. The Kier molecular flexibility index (Phi) is 4.21. The predicted octanol–water partition coefficient (Wildman–Crippen LogP) is 0.495. The average Bonchev–Trinajstić information content (AvgIpc) is 2.86. The summed E-state index contributed by atoms with van der Waals surface area (Å²) < 4.78 is 5.14. The van der Waals surface area contributed by atoms with Crippen molar-refractivity contribution in [3.8, 4) is 5.75 Å². The van der Waals surface area contributed by atoms with Gasteiger partial charge in [0.05, 0.1) is 12.7 Å². The van der Waals surface area contributed by atoms with Crippen molar-refractivity contribution in [2.24, 2.45) is 0 Å². The van der Waals surface area contributed by atoms with Gasteiger partial charge in [-0.25, -0.2) is 4.79 Å². The van der Waals surface area contributed by atoms with Crippen LogP contribution in [0.3, 0.4) is 0 Å². The second kappa shape index (κ2) is 6.36. The van der Waals surface area contributed by atoms with E-state index >= 15 is 0 Å². The predicted molar refractivity (Wildman–Crippen MR) is 90.3 cm³/mol. The first-order valence-electron chi connectivity index (χ1n) is 7.66. The van der Waals surface area contributed by atoms with Crippen molar-refractivity contribution in [2.75, 3.05) is 7.11 Å². The van der Waals surface area contributed by atoms with E-state index in [2.05, 4.69) is 15.7 Å². The summed E-state index contributed by atoms with van der Waals surface area (Å²) in [4.78, 5) is 50.7. The van der Waals surface area contributed by atoms with Gasteiger partial charge in [-0.3, -0.25) is 19.8 Å². The minimum atomic E-state index is -1.36. The molecule has 1 aliphatic rings. The molecule has 0 unspecified atom stereocenters. The first kappa shape index (κ1) is 17.2. The van der Waals surface area contributed by atoms with Crippen molar-refractivity contribution in [3.05, 3.63) is 64.1 Å². The maximum atomic E-state index is 12.8. The number of ether oxygens (including phenoxy) is 1. The molecule has 0 radical (unpaired) electrons. The van der Waals surface area contributed by atoms with E-state index < -0.39 is 23.4 Å². The minimum Gasteiger partial charge on any atom is -0.497 e. The first-order chi connectivity index (χ1) is 12.3. The topological polar surface area (TPSA) is 121 Å². The normalized spacial score (nSPS) is 19.2. The highest BCUT2D eigenvalue weighted by molar-refractivity contribution is 6.09. The van der Waals surface area contributed by atoms with Gasteiger partial charge in [0.1, 0.15) is 11.3 Å². The number of hydrogen-bond acceptors (Lipinski definition) is 5. The van der Waals surface area contributed by atoms with Crippen LogP contribution in [0.15, 0.2) is 47.4 Å². The third-order valence-corrected chi connectivity index (χ3v) is 4.10. The molecule has 1 fully saturated rings. The number of carbonyl (C=O) groups is 3. The van der Waals surface area contributed by atoms with Crippen LogP contribution < -0.4 is 21.0 Å². The Morgan fingerprint density at radius 3 is 2.62 bits per heavy atom. The number of aromatic amines is 1. The van der Waals surface area contributed by atoms with E-state index in [4.69, 9.17) is 4.74 Å². The quantitative estimate of drug-likeness (QED) is 0.689. The Bertz CT molecular complexity index is 934. The van der Waals surface area contributed by atoms with Crippen molar-refractivity contribution in [1.29, 1.82) is 0 Å². The Morgan fingerprint density at radius 2 is 1.96 bits per heavy atom. The molecule has 1 saturated heterocycles. The summed E-state index contributed by atoms with van der Waals surface area (Å²) in [7, 11) is 1.49. The van der Waals surface area contributed by atoms with Gasteiger partial charge in [-0.1, -0.05) is 12.1 Å². The number of methoxy groups -OCH3 is 1. The zero-order chi connectivity index (χ0) is 18.9. The summed E-state index contributed by atoms with van der Waals surface area (Å²) in [5, 5.41) is 3.19. The smallest absolute Gasteiger partial charge is 0.344 e. The van der Waals surface area contributed by atoms with Gasteiger partial charge in [0.15, 0.2) is 0 Å². The lowest BCUT2D eigenvalue weighted by Gasteiger charge is -2.22. The summed E-state index contributed by atoms with van der Waals surface area (Å²) in [5.74, 6) is -0.824. The van der Waals surface area contributed by atoms with Crippen LogP contribution >= 0.6 is 0 Å². The number of nitrogens with one attached hydrogen (secondary N) is 3. The molecule has 2 aromatic rings. The van der Waals surface area contributed by atoms with Gasteiger partial charge >= 0.3 is 6.03 Å². The molecule has 4 amide bonds. The van der Waals surface area contributed by atoms with E-state index in [0.717, 1.165) is 0 Å². The number of aromatic nitrogens is 1. The molecule has 1 aliphatic heterocycles. The summed E-state index contributed by atoms with van der Waals surface area (Å²) in [6.07, 6.45) is 1.19. The summed E-state index contributed by atoms with van der Waals surface area (Å²) >= 11 is 0. The molecule has 9 heteroatoms. The van der Waals surface area contributed by atoms with Crippen LogP contribution in [0.5, 0.6) is 5.75 Å². The molecule has 1 aromatic carbocycles. The third kappa shape index (κ3) is 2.90. The Balaban J connectivity index is 1.85. The highest BCUT2D eigenvalue weighted by Gasteiger charge is 2.50. The molecular weight excluding hydrogens is 340 g/mol. The van der Waals surface area contributed by atoms with Gasteiger partial charge < -0.3 is 15.0 Å². The monoisotopic (exact) mass is 356 g/mol. The van der Waals surface area contributed by atoms with Crippen LogP contribution in [0.4, 0.5) is 4.79 Å². The molecule has 2 heterocycles. The number of H-pyrrole nitrogens is 1. The lowest BCUT2D eigenvalue weighted by atomic mass is 9.92. The Labute approximate surface area is 147 Å². The minimum absolute atomic E-state index is 0.0974. The molecule has 1 aromatic heterocycles. The lowest BCUT2D eigenvalue weighted by Crippen LogP contribution is -2.48. The molecule has 9 nitrogen and oxygen atoms in total. The van der Waals surface area contributed by atoms with E-state index in [1.165, 1.54) is 32.4 Å². The van der Waals surface area contributed by atoms with E-state index in [0.29, 0.717) is 16.3 Å². The Morgan fingerprint density at radius 1 is 1.19 bits per heavy atom. The van der Waals surface area contributed by atoms with Gasteiger partial charge in [0, 0.05) is 12.3 Å². The Hall–Kier alpha value is -3.62. The van der Waals surface area contributed by atoms with Crippen LogP contribution in [0.2, 0.25) is 0 Å². The molecular formula is C17H16N4O5.